The summed E-state index contributed by atoms with van der Waals surface area (Å²) < 4.78 is 1.79. The lowest BCUT2D eigenvalue weighted by atomic mass is 10.3. The van der Waals surface area contributed by atoms with Crippen LogP contribution in [0.5, 0.6) is 0 Å². The number of aromatic carboxylic acids is 1. The zero-order valence-corrected chi connectivity index (χ0v) is 10.3. The first kappa shape index (κ1) is 12.1. The second-order valence-electron chi connectivity index (χ2n) is 4.54. The number of imidazole rings is 1. The van der Waals surface area contributed by atoms with Gasteiger partial charge in [0.2, 0.25) is 0 Å². The van der Waals surface area contributed by atoms with Crippen molar-refractivity contribution in [1.29, 1.82) is 0 Å². The molecule has 0 saturated carbocycles. The first-order valence-corrected chi connectivity index (χ1v) is 5.72. The minimum absolute atomic E-state index is 0.122. The summed E-state index contributed by atoms with van der Waals surface area (Å²) in [5.41, 5.74) is 0.122. The monoisotopic (exact) mass is 238 g/mol. The van der Waals surface area contributed by atoms with Crippen LogP contribution < -0.4 is 0 Å². The molecule has 2 heterocycles. The summed E-state index contributed by atoms with van der Waals surface area (Å²) in [6.07, 6.45) is 1.56. The Hall–Kier alpha value is -1.40. The molecule has 1 N–H and O–H groups in total. The zero-order chi connectivity index (χ0) is 12.4. The molecule has 1 aliphatic heterocycles. The number of aromatic nitrogens is 2. The van der Waals surface area contributed by atoms with E-state index >= 15 is 0 Å². The Labute approximate surface area is 100 Å². The van der Waals surface area contributed by atoms with Crippen LogP contribution in [0, 0.1) is 0 Å². The number of aryl methyl sites for hydroxylation is 1. The second-order valence-corrected chi connectivity index (χ2v) is 4.54. The predicted molar refractivity (Wildman–Crippen MR) is 62.9 cm³/mol. The Kier molecular flexibility index (Phi) is 3.44. The van der Waals surface area contributed by atoms with Gasteiger partial charge in [-0.1, -0.05) is 0 Å². The van der Waals surface area contributed by atoms with Gasteiger partial charge in [0.1, 0.15) is 5.82 Å². The molecule has 1 aromatic rings. The molecular weight excluding hydrogens is 220 g/mol. The lowest BCUT2D eigenvalue weighted by molar-refractivity contribution is 0.0690. The highest BCUT2D eigenvalue weighted by molar-refractivity contribution is 5.85. The van der Waals surface area contributed by atoms with Crippen molar-refractivity contribution in [2.45, 2.75) is 6.54 Å². The molecule has 1 fully saturated rings. The number of carboxylic acids is 1. The fourth-order valence-electron chi connectivity index (χ4n) is 1.96. The largest absolute Gasteiger partial charge is 0.476 e. The summed E-state index contributed by atoms with van der Waals surface area (Å²) in [6.45, 7) is 4.83. The minimum atomic E-state index is -0.967. The normalized spacial score (nSPS) is 18.5. The molecule has 1 saturated heterocycles. The predicted octanol–water partition coefficient (Wildman–Crippen LogP) is -0.134. The number of nitrogens with zero attached hydrogens (tertiary/aromatic N) is 4. The summed E-state index contributed by atoms with van der Waals surface area (Å²) >= 11 is 0. The van der Waals surface area contributed by atoms with E-state index in [9.17, 15) is 4.79 Å². The zero-order valence-electron chi connectivity index (χ0n) is 10.3. The number of carbonyl (C=O) groups is 1. The van der Waals surface area contributed by atoms with Gasteiger partial charge < -0.3 is 14.6 Å². The average Bonchev–Trinajstić information content (AvgIpc) is 2.64. The Morgan fingerprint density at radius 2 is 2.00 bits per heavy atom. The molecule has 0 amide bonds. The Morgan fingerprint density at radius 1 is 1.35 bits per heavy atom. The molecule has 6 nitrogen and oxygen atoms in total. The Balaban J connectivity index is 2.01. The van der Waals surface area contributed by atoms with Gasteiger partial charge in [0.15, 0.2) is 5.69 Å². The SMILES string of the molecule is CN1CCN(Cc2nc(C(=O)O)cn2C)CC1. The third-order valence-electron chi connectivity index (χ3n) is 3.15. The van der Waals surface area contributed by atoms with Crippen LogP contribution in [0.25, 0.3) is 0 Å². The molecule has 0 bridgehead atoms. The van der Waals surface area contributed by atoms with Crippen molar-refractivity contribution in [2.24, 2.45) is 7.05 Å². The van der Waals surface area contributed by atoms with Crippen molar-refractivity contribution in [2.75, 3.05) is 33.2 Å². The lowest BCUT2D eigenvalue weighted by Crippen LogP contribution is -2.44. The van der Waals surface area contributed by atoms with Crippen LogP contribution in [0.3, 0.4) is 0 Å². The number of hydrogen-bond acceptors (Lipinski definition) is 4. The quantitative estimate of drug-likeness (QED) is 0.794. The highest BCUT2D eigenvalue weighted by Gasteiger charge is 2.17. The number of piperazine rings is 1. The molecular formula is C11H18N4O2. The van der Waals surface area contributed by atoms with Crippen molar-refractivity contribution in [3.05, 3.63) is 17.7 Å². The third-order valence-corrected chi connectivity index (χ3v) is 3.15. The van der Waals surface area contributed by atoms with Crippen molar-refractivity contribution < 1.29 is 9.90 Å². The standard InChI is InChI=1S/C11H18N4O2/c1-13-3-5-15(6-4-13)8-10-12-9(11(16)17)7-14(10)2/h7H,3-6,8H2,1-2H3,(H,16,17). The molecule has 94 valence electrons. The third kappa shape index (κ3) is 2.83. The number of rotatable bonds is 3. The smallest absolute Gasteiger partial charge is 0.356 e. The van der Waals surface area contributed by atoms with E-state index in [1.807, 2.05) is 7.05 Å². The van der Waals surface area contributed by atoms with Gasteiger partial charge in [0.25, 0.3) is 0 Å². The van der Waals surface area contributed by atoms with Crippen LogP contribution in [0.1, 0.15) is 16.3 Å². The van der Waals surface area contributed by atoms with Crippen LogP contribution in [0.2, 0.25) is 0 Å². The maximum atomic E-state index is 10.8. The summed E-state index contributed by atoms with van der Waals surface area (Å²) in [4.78, 5) is 19.5. The molecule has 0 spiro atoms. The molecule has 0 atom stereocenters. The number of carboxylic acid groups (broad SMARTS) is 1. The molecule has 0 radical (unpaired) electrons. The summed E-state index contributed by atoms with van der Waals surface area (Å²) in [5.74, 6) is -0.155. The molecule has 0 aliphatic carbocycles. The van der Waals surface area contributed by atoms with E-state index in [4.69, 9.17) is 5.11 Å². The topological polar surface area (TPSA) is 61.6 Å². The fraction of sp³-hybridized carbons (Fsp3) is 0.636. The summed E-state index contributed by atoms with van der Waals surface area (Å²) in [5, 5.41) is 8.87. The van der Waals surface area contributed by atoms with Gasteiger partial charge >= 0.3 is 5.97 Å². The maximum absolute atomic E-state index is 10.8. The van der Waals surface area contributed by atoms with E-state index in [1.54, 1.807) is 10.8 Å². The van der Waals surface area contributed by atoms with E-state index in [0.29, 0.717) is 0 Å². The van der Waals surface area contributed by atoms with Gasteiger partial charge in [-0.25, -0.2) is 9.78 Å². The Morgan fingerprint density at radius 3 is 2.53 bits per heavy atom. The van der Waals surface area contributed by atoms with E-state index in [-0.39, 0.29) is 5.69 Å². The van der Waals surface area contributed by atoms with Crippen LogP contribution in [-0.2, 0) is 13.6 Å². The first-order valence-electron chi connectivity index (χ1n) is 5.72. The van der Waals surface area contributed by atoms with Gasteiger partial charge in [0, 0.05) is 39.4 Å². The number of hydrogen-bond donors (Lipinski definition) is 1. The van der Waals surface area contributed by atoms with Crippen molar-refractivity contribution in [3.8, 4) is 0 Å². The van der Waals surface area contributed by atoms with Crippen LogP contribution in [0.4, 0.5) is 0 Å². The van der Waals surface area contributed by atoms with E-state index in [0.717, 1.165) is 38.5 Å². The van der Waals surface area contributed by atoms with E-state index < -0.39 is 5.97 Å². The molecule has 0 unspecified atom stereocenters. The van der Waals surface area contributed by atoms with Crippen molar-refractivity contribution in [1.82, 2.24) is 19.4 Å². The van der Waals surface area contributed by atoms with Gasteiger partial charge in [-0.05, 0) is 7.05 Å². The highest BCUT2D eigenvalue weighted by atomic mass is 16.4. The van der Waals surface area contributed by atoms with Gasteiger partial charge in [-0.3, -0.25) is 4.90 Å². The second kappa shape index (κ2) is 4.85. The summed E-state index contributed by atoms with van der Waals surface area (Å²) in [6, 6.07) is 0. The Bertz CT molecular complexity index is 408. The molecule has 0 aromatic carbocycles. The number of likely N-dealkylation sites (N-methyl/N-ethyl adjacent to an activating group) is 1. The average molecular weight is 238 g/mol. The van der Waals surface area contributed by atoms with Crippen LogP contribution in [-0.4, -0.2) is 63.7 Å². The van der Waals surface area contributed by atoms with Gasteiger partial charge in [-0.15, -0.1) is 0 Å². The van der Waals surface area contributed by atoms with Crippen LogP contribution >= 0.6 is 0 Å². The van der Waals surface area contributed by atoms with E-state index in [1.165, 1.54) is 0 Å². The fourth-order valence-corrected chi connectivity index (χ4v) is 1.96. The van der Waals surface area contributed by atoms with Crippen LogP contribution in [0.15, 0.2) is 6.20 Å². The van der Waals surface area contributed by atoms with Crippen molar-refractivity contribution in [3.63, 3.8) is 0 Å². The maximum Gasteiger partial charge on any atom is 0.356 e. The molecule has 1 aliphatic rings. The summed E-state index contributed by atoms with van der Waals surface area (Å²) in [7, 11) is 3.95. The van der Waals surface area contributed by atoms with E-state index in [2.05, 4.69) is 21.8 Å². The minimum Gasteiger partial charge on any atom is -0.476 e. The molecule has 2 rings (SSSR count). The highest BCUT2D eigenvalue weighted by Crippen LogP contribution is 2.07. The first-order chi connectivity index (χ1) is 8.06. The van der Waals surface area contributed by atoms with Gasteiger partial charge in [-0.2, -0.15) is 0 Å². The lowest BCUT2D eigenvalue weighted by Gasteiger charge is -2.31. The van der Waals surface area contributed by atoms with Crippen molar-refractivity contribution >= 4 is 5.97 Å². The molecule has 1 aromatic heterocycles. The van der Waals surface area contributed by atoms with Gasteiger partial charge in [0.05, 0.1) is 6.54 Å². The molecule has 17 heavy (non-hydrogen) atoms. The molecule has 6 heteroatoms.